The number of halogens is 6. The Hall–Kier alpha value is -3.35. The third-order valence-corrected chi connectivity index (χ3v) is 10.3. The number of rotatable bonds is 8. The van der Waals surface area contributed by atoms with E-state index in [4.69, 9.17) is 0 Å². The highest BCUT2D eigenvalue weighted by molar-refractivity contribution is 7.92. The molecule has 3 atom stereocenters. The lowest BCUT2D eigenvalue weighted by atomic mass is 10.0. The Balaban J connectivity index is 1.42. The van der Waals surface area contributed by atoms with E-state index in [0.29, 0.717) is 12.8 Å². The Morgan fingerprint density at radius 2 is 1.67 bits per heavy atom. The maximum absolute atomic E-state index is 13.8. The summed E-state index contributed by atoms with van der Waals surface area (Å²) >= 11 is 0. The summed E-state index contributed by atoms with van der Waals surface area (Å²) in [6.07, 6.45) is -12.5. The van der Waals surface area contributed by atoms with Gasteiger partial charge in [0.25, 0.3) is 0 Å². The second kappa shape index (κ2) is 10.1. The van der Waals surface area contributed by atoms with Gasteiger partial charge >= 0.3 is 12.5 Å². The molecule has 2 N–H and O–H groups in total. The lowest BCUT2D eigenvalue weighted by Gasteiger charge is -2.35. The first kappa shape index (κ1) is 30.1. The molecule has 2 aromatic carbocycles. The van der Waals surface area contributed by atoms with Crippen molar-refractivity contribution in [2.75, 3.05) is 6.54 Å². The summed E-state index contributed by atoms with van der Waals surface area (Å²) in [6, 6.07) is 10.6. The normalized spacial score (nSPS) is 24.0. The molecule has 8 nitrogen and oxygen atoms in total. The van der Waals surface area contributed by atoms with Gasteiger partial charge in [0, 0.05) is 12.1 Å². The zero-order valence-electron chi connectivity index (χ0n) is 21.7. The van der Waals surface area contributed by atoms with Crippen LogP contribution in [0.4, 0.5) is 26.3 Å². The van der Waals surface area contributed by atoms with E-state index >= 15 is 0 Å². The highest BCUT2D eigenvalue weighted by atomic mass is 32.2. The summed E-state index contributed by atoms with van der Waals surface area (Å²) in [4.78, 5) is 13.7. The standard InChI is InChI=1S/C27H25F6N3O5S/c28-26(29,30)25(11-12-25)23(38)36-14-18(13-20(36)22(37)35-24(15-34)9-10-24)42(39,40)17-7-5-16(6-8-17)19-3-1-2-4-21(19)41-27(31,32)33/h1-8,18,20,23,38H,9-14H2,(H,35,37)/t18-,20+,23?/m1/s1. The first-order valence-corrected chi connectivity index (χ1v) is 14.5. The minimum Gasteiger partial charge on any atom is -0.405 e. The van der Waals surface area contributed by atoms with Gasteiger partial charge in [-0.1, -0.05) is 30.3 Å². The third-order valence-electron chi connectivity index (χ3n) is 8.14. The predicted octanol–water partition coefficient (Wildman–Crippen LogP) is 4.30. The summed E-state index contributed by atoms with van der Waals surface area (Å²) in [6.45, 7) is -0.580. The minimum absolute atomic E-state index is 0.0408. The van der Waals surface area contributed by atoms with Crippen molar-refractivity contribution in [1.29, 1.82) is 5.26 Å². The number of amides is 1. The van der Waals surface area contributed by atoms with Crippen LogP contribution in [-0.2, 0) is 14.6 Å². The maximum atomic E-state index is 13.8. The number of para-hydroxylation sites is 1. The van der Waals surface area contributed by atoms with Crippen molar-refractivity contribution in [2.45, 2.75) is 72.6 Å². The Labute approximate surface area is 236 Å². The van der Waals surface area contributed by atoms with Crippen molar-refractivity contribution in [3.8, 4) is 22.9 Å². The fraction of sp³-hybridized carbons (Fsp3) is 0.481. The quantitative estimate of drug-likeness (QED) is 0.424. The number of ether oxygens (including phenoxy) is 1. The minimum atomic E-state index is -4.96. The number of alkyl halides is 6. The van der Waals surface area contributed by atoms with Crippen LogP contribution in [0.5, 0.6) is 5.75 Å². The van der Waals surface area contributed by atoms with E-state index in [1.165, 1.54) is 30.3 Å². The van der Waals surface area contributed by atoms with E-state index in [1.54, 1.807) is 0 Å². The molecule has 1 heterocycles. The summed E-state index contributed by atoms with van der Waals surface area (Å²) in [7, 11) is -4.29. The van der Waals surface area contributed by atoms with E-state index in [2.05, 4.69) is 10.1 Å². The summed E-state index contributed by atoms with van der Waals surface area (Å²) in [5.41, 5.74) is -3.42. The number of aliphatic hydroxyl groups excluding tert-OH is 1. The van der Waals surface area contributed by atoms with Gasteiger partial charge in [-0.05, 0) is 55.9 Å². The molecule has 15 heteroatoms. The molecule has 226 valence electrons. The van der Waals surface area contributed by atoms with Crippen LogP contribution < -0.4 is 10.1 Å². The molecule has 1 aliphatic heterocycles. The molecule has 5 rings (SSSR count). The molecule has 42 heavy (non-hydrogen) atoms. The van der Waals surface area contributed by atoms with Crippen molar-refractivity contribution in [3.63, 3.8) is 0 Å². The van der Waals surface area contributed by atoms with Crippen LogP contribution in [0.25, 0.3) is 11.1 Å². The van der Waals surface area contributed by atoms with Crippen molar-refractivity contribution < 1.29 is 49.4 Å². The van der Waals surface area contributed by atoms with Crippen molar-refractivity contribution >= 4 is 15.7 Å². The number of benzene rings is 2. The Bertz CT molecular complexity index is 1510. The van der Waals surface area contributed by atoms with E-state index in [0.717, 1.165) is 23.1 Å². The maximum Gasteiger partial charge on any atom is 0.573 e. The molecule has 3 aliphatic rings. The van der Waals surface area contributed by atoms with Gasteiger partial charge in [0.05, 0.1) is 22.3 Å². The van der Waals surface area contributed by atoms with Gasteiger partial charge in [-0.15, -0.1) is 13.2 Å². The molecular formula is C27H25F6N3O5S. The van der Waals surface area contributed by atoms with Crippen LogP contribution in [-0.4, -0.2) is 66.5 Å². The van der Waals surface area contributed by atoms with Crippen LogP contribution in [0.3, 0.4) is 0 Å². The number of hydrogen-bond donors (Lipinski definition) is 2. The zero-order valence-corrected chi connectivity index (χ0v) is 22.6. The fourth-order valence-electron chi connectivity index (χ4n) is 5.36. The smallest absolute Gasteiger partial charge is 0.405 e. The first-order chi connectivity index (χ1) is 19.5. The number of nitriles is 1. The number of hydrogen-bond acceptors (Lipinski definition) is 7. The SMILES string of the molecule is N#CC1(NC(=O)[C@@H]2C[C@@H](S(=O)(=O)c3ccc(-c4ccccc4OC(F)(F)F)cc3)CN2C(O)C2(C(F)(F)F)CC2)CC1. The highest BCUT2D eigenvalue weighted by Crippen LogP contribution is 2.61. The molecule has 1 amide bonds. The van der Waals surface area contributed by atoms with Gasteiger partial charge in [-0.2, -0.15) is 18.4 Å². The third kappa shape index (κ3) is 5.55. The molecule has 1 saturated heterocycles. The summed E-state index contributed by atoms with van der Waals surface area (Å²) < 4.78 is 111. The predicted molar refractivity (Wildman–Crippen MR) is 134 cm³/mol. The van der Waals surface area contributed by atoms with Gasteiger partial charge < -0.3 is 15.2 Å². The fourth-order valence-corrected chi connectivity index (χ4v) is 7.06. The van der Waals surface area contributed by atoms with Gasteiger partial charge in [0.2, 0.25) is 5.91 Å². The summed E-state index contributed by atoms with van der Waals surface area (Å²) in [5, 5.41) is 21.3. The van der Waals surface area contributed by atoms with Crippen LogP contribution in [0.15, 0.2) is 53.4 Å². The van der Waals surface area contributed by atoms with Crippen molar-refractivity contribution in [3.05, 3.63) is 48.5 Å². The van der Waals surface area contributed by atoms with Gasteiger partial charge in [-0.25, -0.2) is 8.42 Å². The Morgan fingerprint density at radius 1 is 1.05 bits per heavy atom. The highest BCUT2D eigenvalue weighted by Gasteiger charge is 2.70. The molecule has 0 aromatic heterocycles. The largest absolute Gasteiger partial charge is 0.573 e. The van der Waals surface area contributed by atoms with Crippen LogP contribution >= 0.6 is 0 Å². The van der Waals surface area contributed by atoms with E-state index in [9.17, 15) is 49.9 Å². The Kier molecular flexibility index (Phi) is 7.27. The van der Waals surface area contributed by atoms with Gasteiger partial charge in [0.1, 0.15) is 22.9 Å². The average Bonchev–Trinajstić information content (AvgIpc) is 3.84. The number of nitrogens with one attached hydrogen (secondary N) is 1. The Morgan fingerprint density at radius 3 is 2.19 bits per heavy atom. The number of aliphatic hydroxyl groups is 1. The number of likely N-dealkylation sites (tertiary alicyclic amines) is 1. The second-order valence-electron chi connectivity index (χ2n) is 10.9. The molecule has 2 aromatic rings. The monoisotopic (exact) mass is 617 g/mol. The lowest BCUT2D eigenvalue weighted by Crippen LogP contribution is -2.55. The van der Waals surface area contributed by atoms with E-state index in [1.807, 2.05) is 6.07 Å². The molecular weight excluding hydrogens is 592 g/mol. The molecule has 2 aliphatic carbocycles. The first-order valence-electron chi connectivity index (χ1n) is 12.9. The molecule has 3 fully saturated rings. The molecule has 0 bridgehead atoms. The van der Waals surface area contributed by atoms with Crippen LogP contribution in [0.1, 0.15) is 32.1 Å². The van der Waals surface area contributed by atoms with Crippen molar-refractivity contribution in [2.24, 2.45) is 5.41 Å². The topological polar surface area (TPSA) is 120 Å². The number of carbonyl (C=O) groups excluding carboxylic acids is 1. The van der Waals surface area contributed by atoms with E-state index < -0.39 is 75.5 Å². The number of nitrogens with zero attached hydrogens (tertiary/aromatic N) is 2. The lowest BCUT2D eigenvalue weighted by molar-refractivity contribution is -0.274. The summed E-state index contributed by atoms with van der Waals surface area (Å²) in [5.74, 6) is -1.35. The van der Waals surface area contributed by atoms with Crippen LogP contribution in [0, 0.1) is 16.7 Å². The van der Waals surface area contributed by atoms with E-state index in [-0.39, 0.29) is 28.9 Å². The number of carbonyl (C=O) groups is 1. The number of sulfone groups is 1. The molecule has 0 radical (unpaired) electrons. The molecule has 2 saturated carbocycles. The van der Waals surface area contributed by atoms with Crippen LogP contribution in [0.2, 0.25) is 0 Å². The molecule has 0 spiro atoms. The van der Waals surface area contributed by atoms with Gasteiger partial charge in [0.15, 0.2) is 9.84 Å². The molecule has 1 unspecified atom stereocenters. The zero-order chi connectivity index (χ0) is 30.7. The van der Waals surface area contributed by atoms with Gasteiger partial charge in [-0.3, -0.25) is 9.69 Å². The average molecular weight is 618 g/mol. The second-order valence-corrected chi connectivity index (χ2v) is 13.1. The van der Waals surface area contributed by atoms with Crippen molar-refractivity contribution in [1.82, 2.24) is 10.2 Å².